The minimum atomic E-state index is -0.877. The van der Waals surface area contributed by atoms with Crippen molar-refractivity contribution in [1.29, 1.82) is 0 Å². The lowest BCUT2D eigenvalue weighted by atomic mass is 10.1. The lowest BCUT2D eigenvalue weighted by Gasteiger charge is -2.37. The Bertz CT molecular complexity index is 881. The van der Waals surface area contributed by atoms with E-state index in [9.17, 15) is 14.7 Å². The van der Waals surface area contributed by atoms with Crippen molar-refractivity contribution in [2.45, 2.75) is 33.8 Å². The van der Waals surface area contributed by atoms with Gasteiger partial charge in [-0.1, -0.05) is 12.1 Å². The first-order valence-corrected chi connectivity index (χ1v) is 9.39. The van der Waals surface area contributed by atoms with Crippen molar-refractivity contribution in [3.8, 4) is 5.75 Å². The lowest BCUT2D eigenvalue weighted by Crippen LogP contribution is -2.51. The summed E-state index contributed by atoms with van der Waals surface area (Å²) >= 11 is 0. The second-order valence-electron chi connectivity index (χ2n) is 7.06. The summed E-state index contributed by atoms with van der Waals surface area (Å²) in [6, 6.07) is 7.15. The summed E-state index contributed by atoms with van der Waals surface area (Å²) in [5, 5.41) is 9.99. The zero-order valence-electron chi connectivity index (χ0n) is 16.7. The molecule has 7 heteroatoms. The molecule has 1 amide bonds. The maximum atomic E-state index is 12.7. The summed E-state index contributed by atoms with van der Waals surface area (Å²) in [5.41, 5.74) is 1.88. The number of phenols is 1. The molecule has 1 aliphatic heterocycles. The highest BCUT2D eigenvalue weighted by Gasteiger charge is 2.29. The predicted molar refractivity (Wildman–Crippen MR) is 105 cm³/mol. The van der Waals surface area contributed by atoms with Gasteiger partial charge in [0, 0.05) is 31.7 Å². The molecule has 1 N–H and O–H groups in total. The van der Waals surface area contributed by atoms with Crippen LogP contribution >= 0.6 is 0 Å². The van der Waals surface area contributed by atoms with Gasteiger partial charge in [0.05, 0.1) is 5.69 Å². The Hall–Kier alpha value is -2.96. The highest BCUT2D eigenvalue weighted by molar-refractivity contribution is 5.94. The SMILES string of the molecule is Cc1oc(C)c(C(=O)O[C@@H](C)C(=O)N2CCN(c3ccccc3O)CC2)c1C. The third-order valence-corrected chi connectivity index (χ3v) is 5.21. The Balaban J connectivity index is 1.59. The van der Waals surface area contributed by atoms with Crippen LogP contribution in [0.1, 0.15) is 34.4 Å². The third-order valence-electron chi connectivity index (χ3n) is 5.21. The number of anilines is 1. The number of ether oxygens (including phenoxy) is 1. The van der Waals surface area contributed by atoms with Gasteiger partial charge in [-0.05, 0) is 39.8 Å². The topological polar surface area (TPSA) is 83.2 Å². The number of aromatic hydroxyl groups is 1. The number of nitrogens with zero attached hydrogens (tertiary/aromatic N) is 2. The van der Waals surface area contributed by atoms with Crippen molar-refractivity contribution in [2.75, 3.05) is 31.1 Å². The lowest BCUT2D eigenvalue weighted by molar-refractivity contribution is -0.140. The molecular formula is C21H26N2O5. The number of piperazine rings is 1. The first kappa shape index (κ1) is 19.8. The second-order valence-corrected chi connectivity index (χ2v) is 7.06. The Morgan fingerprint density at radius 2 is 1.71 bits per heavy atom. The van der Waals surface area contributed by atoms with E-state index in [0.29, 0.717) is 43.3 Å². The molecule has 150 valence electrons. The molecule has 0 spiro atoms. The van der Waals surface area contributed by atoms with Crippen LogP contribution in [0.5, 0.6) is 5.75 Å². The van der Waals surface area contributed by atoms with Crippen LogP contribution in [0.2, 0.25) is 0 Å². The molecule has 1 aliphatic rings. The summed E-state index contributed by atoms with van der Waals surface area (Å²) in [6.45, 7) is 9.08. The van der Waals surface area contributed by atoms with E-state index in [1.807, 2.05) is 17.0 Å². The fraction of sp³-hybridized carbons (Fsp3) is 0.429. The molecule has 1 atom stereocenters. The Morgan fingerprint density at radius 3 is 2.29 bits per heavy atom. The van der Waals surface area contributed by atoms with Crippen molar-refractivity contribution >= 4 is 17.6 Å². The molecule has 0 radical (unpaired) electrons. The number of amides is 1. The molecule has 1 aromatic heterocycles. The predicted octanol–water partition coefficient (Wildman–Crippen LogP) is 2.80. The van der Waals surface area contributed by atoms with Gasteiger partial charge in [0.25, 0.3) is 5.91 Å². The molecule has 3 rings (SSSR count). The minimum absolute atomic E-state index is 0.221. The number of hydrogen-bond donors (Lipinski definition) is 1. The van der Waals surface area contributed by atoms with Crippen molar-refractivity contribution < 1.29 is 23.8 Å². The van der Waals surface area contributed by atoms with Crippen molar-refractivity contribution in [1.82, 2.24) is 4.90 Å². The maximum absolute atomic E-state index is 12.7. The van der Waals surface area contributed by atoms with Crippen LogP contribution < -0.4 is 4.90 Å². The number of esters is 1. The fourth-order valence-corrected chi connectivity index (χ4v) is 3.52. The van der Waals surface area contributed by atoms with Crippen molar-refractivity contribution in [3.05, 3.63) is 46.9 Å². The van der Waals surface area contributed by atoms with Gasteiger partial charge in [-0.2, -0.15) is 0 Å². The van der Waals surface area contributed by atoms with E-state index in [4.69, 9.17) is 9.15 Å². The number of furan rings is 1. The number of carbonyl (C=O) groups is 2. The van der Waals surface area contributed by atoms with Crippen LogP contribution in [-0.2, 0) is 9.53 Å². The molecule has 0 aliphatic carbocycles. The van der Waals surface area contributed by atoms with Crippen molar-refractivity contribution in [2.24, 2.45) is 0 Å². The molecule has 7 nitrogen and oxygen atoms in total. The molecular weight excluding hydrogens is 360 g/mol. The fourth-order valence-electron chi connectivity index (χ4n) is 3.52. The number of carbonyl (C=O) groups excluding carboxylic acids is 2. The third kappa shape index (κ3) is 3.83. The number of phenolic OH excluding ortho intramolecular Hbond substituents is 1. The van der Waals surface area contributed by atoms with Crippen molar-refractivity contribution in [3.63, 3.8) is 0 Å². The molecule has 1 fully saturated rings. The minimum Gasteiger partial charge on any atom is -0.506 e. The average Bonchev–Trinajstić information content (AvgIpc) is 2.93. The Labute approximate surface area is 164 Å². The molecule has 0 saturated carbocycles. The highest BCUT2D eigenvalue weighted by Crippen LogP contribution is 2.27. The molecule has 2 heterocycles. The number of para-hydroxylation sites is 2. The molecule has 1 saturated heterocycles. The summed E-state index contributed by atoms with van der Waals surface area (Å²) in [5.74, 6) is 0.631. The van der Waals surface area contributed by atoms with Gasteiger partial charge >= 0.3 is 5.97 Å². The smallest absolute Gasteiger partial charge is 0.342 e. The van der Waals surface area contributed by atoms with E-state index >= 15 is 0 Å². The van der Waals surface area contributed by atoms with E-state index in [1.165, 1.54) is 0 Å². The maximum Gasteiger partial charge on any atom is 0.342 e. The number of hydrogen-bond acceptors (Lipinski definition) is 6. The summed E-state index contributed by atoms with van der Waals surface area (Å²) < 4.78 is 10.9. The Morgan fingerprint density at radius 1 is 1.07 bits per heavy atom. The quantitative estimate of drug-likeness (QED) is 0.814. The van der Waals surface area contributed by atoms with Gasteiger partial charge in [0.1, 0.15) is 22.8 Å². The highest BCUT2D eigenvalue weighted by atomic mass is 16.5. The monoisotopic (exact) mass is 386 g/mol. The first-order valence-electron chi connectivity index (χ1n) is 9.39. The van der Waals surface area contributed by atoms with Crippen LogP contribution in [0.25, 0.3) is 0 Å². The summed E-state index contributed by atoms with van der Waals surface area (Å²) in [4.78, 5) is 28.9. The molecule has 28 heavy (non-hydrogen) atoms. The first-order chi connectivity index (χ1) is 13.3. The van der Waals surface area contributed by atoms with Gasteiger partial charge in [-0.15, -0.1) is 0 Å². The van der Waals surface area contributed by atoms with Gasteiger partial charge in [0.15, 0.2) is 6.10 Å². The Kier molecular flexibility index (Phi) is 5.63. The molecule has 1 aromatic carbocycles. The zero-order valence-corrected chi connectivity index (χ0v) is 16.7. The van der Waals surface area contributed by atoms with Crippen LogP contribution in [0, 0.1) is 20.8 Å². The van der Waals surface area contributed by atoms with Gasteiger partial charge in [-0.25, -0.2) is 4.79 Å². The van der Waals surface area contributed by atoms with E-state index in [2.05, 4.69) is 0 Å². The number of rotatable bonds is 4. The van der Waals surface area contributed by atoms with E-state index in [-0.39, 0.29) is 11.7 Å². The molecule has 0 bridgehead atoms. The van der Waals surface area contributed by atoms with Crippen LogP contribution in [0.15, 0.2) is 28.7 Å². The molecule has 0 unspecified atom stereocenters. The largest absolute Gasteiger partial charge is 0.506 e. The van der Waals surface area contributed by atoms with Crippen LogP contribution in [0.3, 0.4) is 0 Å². The normalized spacial score (nSPS) is 15.4. The van der Waals surface area contributed by atoms with Gasteiger partial charge in [-0.3, -0.25) is 4.79 Å². The summed E-state index contributed by atoms with van der Waals surface area (Å²) in [7, 11) is 0. The summed E-state index contributed by atoms with van der Waals surface area (Å²) in [6.07, 6.45) is -0.877. The number of benzene rings is 1. The average molecular weight is 386 g/mol. The standard InChI is InChI=1S/C21H26N2O5/c1-13-14(2)27-15(3)19(13)21(26)28-16(4)20(25)23-11-9-22(10-12-23)17-7-5-6-8-18(17)24/h5-8,16,24H,9-12H2,1-4H3/t16-/m0/s1. The number of aryl methyl sites for hydroxylation is 2. The van der Waals surface area contributed by atoms with Gasteiger partial charge < -0.3 is 24.1 Å². The van der Waals surface area contributed by atoms with E-state index in [0.717, 1.165) is 11.3 Å². The molecule has 2 aromatic rings. The van der Waals surface area contributed by atoms with Gasteiger partial charge in [0.2, 0.25) is 0 Å². The second kappa shape index (κ2) is 7.96. The van der Waals surface area contributed by atoms with Crippen LogP contribution in [-0.4, -0.2) is 54.2 Å². The zero-order chi connectivity index (χ0) is 20.4. The van der Waals surface area contributed by atoms with Crippen LogP contribution in [0.4, 0.5) is 5.69 Å². The van der Waals surface area contributed by atoms with E-state index < -0.39 is 12.1 Å². The van der Waals surface area contributed by atoms with E-state index in [1.54, 1.807) is 44.7 Å².